The second-order valence-electron chi connectivity index (χ2n) is 7.90. The molecule has 0 spiro atoms. The molecule has 3 heteroatoms. The van der Waals surface area contributed by atoms with Gasteiger partial charge in [0.25, 0.3) is 0 Å². The molecule has 2 aliphatic rings. The molecule has 0 saturated carbocycles. The van der Waals surface area contributed by atoms with Gasteiger partial charge in [-0.25, -0.2) is 0 Å². The summed E-state index contributed by atoms with van der Waals surface area (Å²) in [4.78, 5) is 14.9. The number of amides is 1. The molecule has 2 aliphatic heterocycles. The quantitative estimate of drug-likeness (QED) is 0.800. The lowest BCUT2D eigenvalue weighted by Gasteiger charge is -2.32. The summed E-state index contributed by atoms with van der Waals surface area (Å²) in [5.41, 5.74) is 0.377. The van der Waals surface area contributed by atoms with Crippen molar-refractivity contribution in [1.82, 2.24) is 10.2 Å². The third-order valence-electron chi connectivity index (χ3n) is 5.24. The Labute approximate surface area is 124 Å². The molecule has 20 heavy (non-hydrogen) atoms. The van der Waals surface area contributed by atoms with E-state index in [1.54, 1.807) is 0 Å². The van der Waals surface area contributed by atoms with Crippen LogP contribution in [-0.2, 0) is 4.79 Å². The average molecular weight is 280 g/mol. The van der Waals surface area contributed by atoms with Gasteiger partial charge in [0.05, 0.1) is 0 Å². The summed E-state index contributed by atoms with van der Waals surface area (Å²) in [6.45, 7) is 12.1. The molecular weight excluding hydrogens is 248 g/mol. The van der Waals surface area contributed by atoms with Crippen molar-refractivity contribution in [2.24, 2.45) is 17.3 Å². The second-order valence-corrected chi connectivity index (χ2v) is 7.90. The Morgan fingerprint density at radius 2 is 1.90 bits per heavy atom. The molecular formula is C17H32N2O. The first-order valence-corrected chi connectivity index (χ1v) is 8.40. The van der Waals surface area contributed by atoms with E-state index in [-0.39, 0.29) is 5.92 Å². The van der Waals surface area contributed by atoms with Gasteiger partial charge in [-0.3, -0.25) is 4.79 Å². The highest BCUT2D eigenvalue weighted by molar-refractivity contribution is 5.79. The van der Waals surface area contributed by atoms with Crippen LogP contribution in [0.2, 0.25) is 0 Å². The van der Waals surface area contributed by atoms with Gasteiger partial charge >= 0.3 is 0 Å². The van der Waals surface area contributed by atoms with E-state index in [1.807, 2.05) is 0 Å². The first kappa shape index (κ1) is 15.8. The Kier molecular flexibility index (Phi) is 5.11. The van der Waals surface area contributed by atoms with E-state index >= 15 is 0 Å². The fraction of sp³-hybridized carbons (Fsp3) is 0.941. The zero-order chi connectivity index (χ0) is 14.8. The summed E-state index contributed by atoms with van der Waals surface area (Å²) < 4.78 is 0. The lowest BCUT2D eigenvalue weighted by molar-refractivity contribution is -0.136. The predicted octanol–water partition coefficient (Wildman–Crippen LogP) is 3.05. The Morgan fingerprint density at radius 3 is 2.55 bits per heavy atom. The summed E-state index contributed by atoms with van der Waals surface area (Å²) in [5.74, 6) is 1.44. The minimum Gasteiger partial charge on any atom is -0.342 e. The van der Waals surface area contributed by atoms with Crippen LogP contribution in [0.4, 0.5) is 0 Å². The van der Waals surface area contributed by atoms with Crippen molar-refractivity contribution in [3.63, 3.8) is 0 Å². The van der Waals surface area contributed by atoms with Crippen LogP contribution in [-0.4, -0.2) is 36.5 Å². The Morgan fingerprint density at radius 1 is 1.15 bits per heavy atom. The minimum absolute atomic E-state index is 0.262. The summed E-state index contributed by atoms with van der Waals surface area (Å²) >= 11 is 0. The fourth-order valence-electron chi connectivity index (χ4n) is 3.80. The van der Waals surface area contributed by atoms with Crippen molar-refractivity contribution < 1.29 is 4.79 Å². The molecule has 0 aromatic heterocycles. The number of nitrogens with zero attached hydrogens (tertiary/aromatic N) is 1. The van der Waals surface area contributed by atoms with Gasteiger partial charge in [-0.15, -0.1) is 0 Å². The van der Waals surface area contributed by atoms with E-state index in [2.05, 4.69) is 37.9 Å². The van der Waals surface area contributed by atoms with Crippen LogP contribution in [0, 0.1) is 17.3 Å². The molecule has 2 heterocycles. The summed E-state index contributed by atoms with van der Waals surface area (Å²) in [6.07, 6.45) is 5.65. The van der Waals surface area contributed by atoms with Crippen LogP contribution in [0.15, 0.2) is 0 Å². The third kappa shape index (κ3) is 3.97. The molecule has 1 unspecified atom stereocenters. The van der Waals surface area contributed by atoms with Crippen LogP contribution >= 0.6 is 0 Å². The predicted molar refractivity (Wildman–Crippen MR) is 83.6 cm³/mol. The van der Waals surface area contributed by atoms with Gasteiger partial charge in [0, 0.05) is 25.0 Å². The monoisotopic (exact) mass is 280 g/mol. The fourth-order valence-corrected chi connectivity index (χ4v) is 3.80. The van der Waals surface area contributed by atoms with Gasteiger partial charge in [0.1, 0.15) is 0 Å². The summed E-state index contributed by atoms with van der Waals surface area (Å²) in [7, 11) is 0. The highest BCUT2D eigenvalue weighted by Crippen LogP contribution is 2.34. The molecule has 0 aromatic carbocycles. The maximum atomic E-state index is 12.7. The summed E-state index contributed by atoms with van der Waals surface area (Å²) in [6, 6.07) is 0.493. The van der Waals surface area contributed by atoms with Crippen molar-refractivity contribution in [3.05, 3.63) is 0 Å². The zero-order valence-corrected chi connectivity index (χ0v) is 13.7. The van der Waals surface area contributed by atoms with E-state index in [1.165, 1.54) is 19.3 Å². The van der Waals surface area contributed by atoms with Crippen molar-refractivity contribution in [2.75, 3.05) is 19.6 Å². The van der Waals surface area contributed by atoms with Crippen molar-refractivity contribution in [3.8, 4) is 0 Å². The molecule has 3 atom stereocenters. The van der Waals surface area contributed by atoms with Crippen LogP contribution in [0.3, 0.4) is 0 Å². The van der Waals surface area contributed by atoms with E-state index in [9.17, 15) is 4.79 Å². The third-order valence-corrected chi connectivity index (χ3v) is 5.24. The Balaban J connectivity index is 1.91. The van der Waals surface area contributed by atoms with E-state index in [4.69, 9.17) is 0 Å². The van der Waals surface area contributed by atoms with Gasteiger partial charge in [0.15, 0.2) is 0 Å². The molecule has 2 fully saturated rings. The van der Waals surface area contributed by atoms with E-state index < -0.39 is 0 Å². The lowest BCUT2D eigenvalue weighted by atomic mass is 9.77. The molecule has 0 aromatic rings. The van der Waals surface area contributed by atoms with Crippen molar-refractivity contribution >= 4 is 5.91 Å². The molecule has 2 rings (SSSR count). The summed E-state index contributed by atoms with van der Waals surface area (Å²) in [5, 5.41) is 3.44. The van der Waals surface area contributed by atoms with Crippen LogP contribution in [0.5, 0.6) is 0 Å². The van der Waals surface area contributed by atoms with E-state index in [0.29, 0.717) is 17.4 Å². The van der Waals surface area contributed by atoms with Gasteiger partial charge < -0.3 is 10.2 Å². The van der Waals surface area contributed by atoms with Crippen LogP contribution in [0.1, 0.15) is 59.8 Å². The number of rotatable bonds is 1. The number of likely N-dealkylation sites (tertiary alicyclic amines) is 1. The number of hydrogen-bond acceptors (Lipinski definition) is 2. The molecule has 0 aliphatic carbocycles. The van der Waals surface area contributed by atoms with Crippen LogP contribution < -0.4 is 5.32 Å². The smallest absolute Gasteiger partial charge is 0.225 e. The number of hydrogen-bond donors (Lipinski definition) is 1. The first-order chi connectivity index (χ1) is 9.38. The highest BCUT2D eigenvalue weighted by Gasteiger charge is 2.32. The Hall–Kier alpha value is -0.570. The molecule has 2 saturated heterocycles. The molecule has 0 bridgehead atoms. The first-order valence-electron chi connectivity index (χ1n) is 8.40. The van der Waals surface area contributed by atoms with Gasteiger partial charge in [-0.05, 0) is 56.9 Å². The molecule has 0 radical (unpaired) electrons. The standard InChI is InChI=1S/C17H32N2O/c1-13-12-14(7-9-18-13)16(20)19-10-5-6-15(8-11-19)17(2,3)4/h13-15,18H,5-12H2,1-4H3/t13-,14-,15?/m0/s1. The SMILES string of the molecule is C[C@H]1C[C@@H](C(=O)N2CCCC(C(C)(C)C)CC2)CCN1. The lowest BCUT2D eigenvalue weighted by Crippen LogP contribution is -2.44. The minimum atomic E-state index is 0.262. The van der Waals surface area contributed by atoms with Gasteiger partial charge in [-0.2, -0.15) is 0 Å². The number of piperidine rings is 1. The number of carbonyl (C=O) groups is 1. The normalized spacial score (nSPS) is 32.8. The van der Waals surface area contributed by atoms with Gasteiger partial charge in [0.2, 0.25) is 5.91 Å². The van der Waals surface area contributed by atoms with E-state index in [0.717, 1.165) is 38.4 Å². The molecule has 1 N–H and O–H groups in total. The molecule has 3 nitrogen and oxygen atoms in total. The molecule has 116 valence electrons. The van der Waals surface area contributed by atoms with Crippen molar-refractivity contribution in [1.29, 1.82) is 0 Å². The topological polar surface area (TPSA) is 32.3 Å². The zero-order valence-electron chi connectivity index (χ0n) is 13.7. The highest BCUT2D eigenvalue weighted by atomic mass is 16.2. The maximum absolute atomic E-state index is 12.7. The number of nitrogens with one attached hydrogen (secondary N) is 1. The van der Waals surface area contributed by atoms with Crippen molar-refractivity contribution in [2.45, 2.75) is 65.8 Å². The van der Waals surface area contributed by atoms with Gasteiger partial charge in [-0.1, -0.05) is 20.8 Å². The number of carbonyl (C=O) groups excluding carboxylic acids is 1. The molecule has 1 amide bonds. The Bertz CT molecular complexity index is 334. The second kappa shape index (κ2) is 6.46. The largest absolute Gasteiger partial charge is 0.342 e. The van der Waals surface area contributed by atoms with Crippen LogP contribution in [0.25, 0.3) is 0 Å². The maximum Gasteiger partial charge on any atom is 0.225 e. The average Bonchev–Trinajstić information content (AvgIpc) is 2.63.